The van der Waals surface area contributed by atoms with Gasteiger partial charge in [-0.05, 0) is 25.1 Å². The Morgan fingerprint density at radius 3 is 3.13 bits per heavy atom. The zero-order chi connectivity index (χ0) is 21.4. The number of nitrogens with one attached hydrogen (secondary N) is 1. The molecule has 1 atom stereocenters. The van der Waals surface area contributed by atoms with Crippen molar-refractivity contribution in [2.45, 2.75) is 19.4 Å². The van der Waals surface area contributed by atoms with Crippen LogP contribution in [0.25, 0.3) is 11.2 Å². The summed E-state index contributed by atoms with van der Waals surface area (Å²) in [4.78, 5) is 14.1. The van der Waals surface area contributed by atoms with Crippen LogP contribution in [-0.4, -0.2) is 42.5 Å². The summed E-state index contributed by atoms with van der Waals surface area (Å²) in [7, 11) is 0. The number of aromatic amines is 1. The van der Waals surface area contributed by atoms with Crippen molar-refractivity contribution in [2.75, 3.05) is 11.4 Å². The minimum absolute atomic E-state index is 0.301. The quantitative estimate of drug-likeness (QED) is 0.478. The van der Waals surface area contributed by atoms with Gasteiger partial charge in [0.15, 0.2) is 0 Å². The van der Waals surface area contributed by atoms with Crippen molar-refractivity contribution in [3.05, 3.63) is 77.4 Å². The molecule has 4 aromatic rings. The van der Waals surface area contributed by atoms with E-state index in [-0.39, 0.29) is 6.04 Å². The van der Waals surface area contributed by atoms with Gasteiger partial charge in [-0.3, -0.25) is 4.99 Å². The minimum atomic E-state index is -0.301. The molecule has 0 spiro atoms. The van der Waals surface area contributed by atoms with E-state index in [4.69, 9.17) is 21.1 Å². The van der Waals surface area contributed by atoms with Gasteiger partial charge in [-0.1, -0.05) is 35.4 Å². The third-order valence-corrected chi connectivity index (χ3v) is 5.47. The van der Waals surface area contributed by atoms with Crippen molar-refractivity contribution in [1.82, 2.24) is 29.8 Å². The first-order chi connectivity index (χ1) is 15.2. The smallest absolute Gasteiger partial charge is 0.319 e. The van der Waals surface area contributed by atoms with E-state index >= 15 is 0 Å². The predicted octanol–water partition coefficient (Wildman–Crippen LogP) is 3.86. The number of allylic oxidation sites excluding steroid dienone is 2. The van der Waals surface area contributed by atoms with E-state index in [2.05, 4.69) is 31.7 Å². The SMILES string of the molecule is C=C/C=N\C(=C/C)c1nnc(N2CCc3[nH]cnc3[C@@H]2c2cc3c(Cl)cccn3n2)o1. The number of halogens is 1. The third kappa shape index (κ3) is 3.32. The molecule has 9 nitrogen and oxygen atoms in total. The Kier molecular flexibility index (Phi) is 4.87. The molecule has 0 bridgehead atoms. The van der Waals surface area contributed by atoms with Gasteiger partial charge < -0.3 is 14.3 Å². The molecule has 0 saturated carbocycles. The first-order valence-corrected chi connectivity index (χ1v) is 10.1. The number of pyridine rings is 1. The van der Waals surface area contributed by atoms with E-state index in [1.54, 1.807) is 29.2 Å². The fourth-order valence-electron chi connectivity index (χ4n) is 3.74. The first kappa shape index (κ1) is 19.3. The molecule has 0 aromatic carbocycles. The molecule has 0 aliphatic carbocycles. The Balaban J connectivity index is 1.59. The molecule has 31 heavy (non-hydrogen) atoms. The fraction of sp³-hybridized carbons (Fsp3) is 0.190. The second kappa shape index (κ2) is 7.84. The Morgan fingerprint density at radius 1 is 1.42 bits per heavy atom. The van der Waals surface area contributed by atoms with Gasteiger partial charge in [0.2, 0.25) is 0 Å². The molecule has 5 rings (SSSR count). The molecule has 0 unspecified atom stereocenters. The van der Waals surface area contributed by atoms with Crippen LogP contribution in [0.1, 0.15) is 35.9 Å². The van der Waals surface area contributed by atoms with E-state index in [0.29, 0.717) is 29.2 Å². The van der Waals surface area contributed by atoms with Crippen LogP contribution >= 0.6 is 11.6 Å². The summed E-state index contributed by atoms with van der Waals surface area (Å²) in [5.41, 5.74) is 4.13. The lowest BCUT2D eigenvalue weighted by Gasteiger charge is -2.32. The summed E-state index contributed by atoms with van der Waals surface area (Å²) in [6, 6.07) is 5.74. The second-order valence-corrected chi connectivity index (χ2v) is 7.35. The Labute approximate surface area is 182 Å². The van der Waals surface area contributed by atoms with E-state index < -0.39 is 0 Å². The Morgan fingerprint density at radius 2 is 2.32 bits per heavy atom. The van der Waals surface area contributed by atoms with Gasteiger partial charge in [0.1, 0.15) is 11.7 Å². The average molecular weight is 435 g/mol. The van der Waals surface area contributed by atoms with Crippen LogP contribution in [0.3, 0.4) is 0 Å². The number of H-pyrrole nitrogens is 1. The van der Waals surface area contributed by atoms with Crippen molar-refractivity contribution in [2.24, 2.45) is 4.99 Å². The second-order valence-electron chi connectivity index (χ2n) is 6.94. The van der Waals surface area contributed by atoms with E-state index in [1.165, 1.54) is 0 Å². The Bertz CT molecular complexity index is 1310. The zero-order valence-electron chi connectivity index (χ0n) is 16.7. The highest BCUT2D eigenvalue weighted by Gasteiger charge is 2.36. The van der Waals surface area contributed by atoms with Crippen LogP contribution in [0, 0.1) is 0 Å². The minimum Gasteiger partial charge on any atom is -0.402 e. The summed E-state index contributed by atoms with van der Waals surface area (Å²) in [6.45, 7) is 6.16. The maximum Gasteiger partial charge on any atom is 0.319 e. The summed E-state index contributed by atoms with van der Waals surface area (Å²) in [5.74, 6) is 0.334. The number of imidazole rings is 1. The topological polar surface area (TPSA) is 100 Å². The van der Waals surface area contributed by atoms with Crippen molar-refractivity contribution < 1.29 is 4.42 Å². The van der Waals surface area contributed by atoms with Crippen LogP contribution in [0.5, 0.6) is 0 Å². The zero-order valence-corrected chi connectivity index (χ0v) is 17.5. The monoisotopic (exact) mass is 434 g/mol. The van der Waals surface area contributed by atoms with Gasteiger partial charge in [-0.25, -0.2) is 9.50 Å². The highest BCUT2D eigenvalue weighted by Crippen LogP contribution is 2.37. The molecule has 10 heteroatoms. The van der Waals surface area contributed by atoms with Crippen LogP contribution < -0.4 is 4.90 Å². The van der Waals surface area contributed by atoms with E-state index in [1.807, 2.05) is 36.2 Å². The van der Waals surface area contributed by atoms with Gasteiger partial charge in [0.25, 0.3) is 5.89 Å². The third-order valence-electron chi connectivity index (χ3n) is 5.15. The molecule has 5 heterocycles. The summed E-state index contributed by atoms with van der Waals surface area (Å²) in [6.07, 6.45) is 9.31. The Hall–Kier alpha value is -3.72. The van der Waals surface area contributed by atoms with E-state index in [9.17, 15) is 0 Å². The molecule has 0 amide bonds. The highest BCUT2D eigenvalue weighted by atomic mass is 35.5. The number of rotatable bonds is 5. The summed E-state index contributed by atoms with van der Waals surface area (Å²) < 4.78 is 7.76. The van der Waals surface area contributed by atoms with Crippen molar-refractivity contribution in [1.29, 1.82) is 0 Å². The molecule has 0 radical (unpaired) electrons. The maximum absolute atomic E-state index is 6.37. The van der Waals surface area contributed by atoms with Gasteiger partial charge >= 0.3 is 6.01 Å². The van der Waals surface area contributed by atoms with Crippen LogP contribution in [0.2, 0.25) is 5.02 Å². The predicted molar refractivity (Wildman–Crippen MR) is 118 cm³/mol. The molecule has 1 aliphatic heterocycles. The molecular weight excluding hydrogens is 416 g/mol. The number of aromatic nitrogens is 6. The maximum atomic E-state index is 6.37. The molecule has 4 aromatic heterocycles. The van der Waals surface area contributed by atoms with Crippen LogP contribution in [0.4, 0.5) is 6.01 Å². The summed E-state index contributed by atoms with van der Waals surface area (Å²) in [5, 5.41) is 13.9. The summed E-state index contributed by atoms with van der Waals surface area (Å²) >= 11 is 6.37. The van der Waals surface area contributed by atoms with Gasteiger partial charge in [-0.15, -0.1) is 5.10 Å². The number of hydrogen-bond donors (Lipinski definition) is 1. The largest absolute Gasteiger partial charge is 0.402 e. The molecular formula is C21H19ClN8O. The number of anilines is 1. The van der Waals surface area contributed by atoms with Crippen LogP contribution in [0.15, 0.2) is 58.9 Å². The van der Waals surface area contributed by atoms with Gasteiger partial charge in [0.05, 0.1) is 28.3 Å². The van der Waals surface area contributed by atoms with Crippen molar-refractivity contribution >= 4 is 35.0 Å². The lowest BCUT2D eigenvalue weighted by atomic mass is 10.0. The van der Waals surface area contributed by atoms with Crippen LogP contribution in [-0.2, 0) is 6.42 Å². The normalized spacial score (nSPS) is 16.9. The van der Waals surface area contributed by atoms with E-state index in [0.717, 1.165) is 29.0 Å². The first-order valence-electron chi connectivity index (χ1n) is 9.77. The standard InChI is InChI=1S/C21H19ClN8O/c1-3-8-23-14(4-2)20-26-27-21(31-20)29-10-7-15-18(25-12-24-15)19(29)16-11-17-13(22)6-5-9-30(17)28-16/h3-6,8-9,11-12,19H,1,7,10H2,2H3,(H,24,25)/b14-4-,23-8-/t19-/m0/s1. The average Bonchev–Trinajstić information content (AvgIpc) is 3.53. The lowest BCUT2D eigenvalue weighted by Crippen LogP contribution is -2.36. The number of aliphatic imine (C=N–C) groups is 1. The number of fused-ring (bicyclic) bond motifs is 2. The molecule has 0 saturated heterocycles. The number of nitrogens with zero attached hydrogens (tertiary/aromatic N) is 7. The van der Waals surface area contributed by atoms with Gasteiger partial charge in [-0.2, -0.15) is 5.10 Å². The fourth-order valence-corrected chi connectivity index (χ4v) is 3.95. The lowest BCUT2D eigenvalue weighted by molar-refractivity contribution is 0.487. The van der Waals surface area contributed by atoms with Crippen molar-refractivity contribution in [3.8, 4) is 0 Å². The highest BCUT2D eigenvalue weighted by molar-refractivity contribution is 6.33. The molecule has 156 valence electrons. The van der Waals surface area contributed by atoms with Crippen molar-refractivity contribution in [3.63, 3.8) is 0 Å². The van der Waals surface area contributed by atoms with Gasteiger partial charge in [0, 0.05) is 31.1 Å². The molecule has 1 N–H and O–H groups in total. The molecule has 1 aliphatic rings. The number of hydrogen-bond acceptors (Lipinski definition) is 7. The molecule has 0 fully saturated rings.